The molecule has 0 radical (unpaired) electrons. The van der Waals surface area contributed by atoms with Gasteiger partial charge >= 0.3 is 0 Å². The molecular weight excluding hydrogens is 494 g/mol. The van der Waals surface area contributed by atoms with Crippen LogP contribution in [0.4, 0.5) is 0 Å². The average Bonchev–Trinajstić information content (AvgIpc) is 3.00. The summed E-state index contributed by atoms with van der Waals surface area (Å²) in [5.74, 6) is 0. The zero-order valence-electron chi connectivity index (χ0n) is 28.5. The number of unbranched alkanes of at least 4 members (excludes halogenated alkanes) is 28. The Morgan fingerprint density at radius 3 is 0.829 bits per heavy atom. The lowest BCUT2D eigenvalue weighted by molar-refractivity contribution is -0.724. The molecule has 0 aliphatic rings. The van der Waals surface area contributed by atoms with Crippen molar-refractivity contribution >= 4 is 0 Å². The fraction of sp³-hybridized carbons (Fsp3) is 0.875. The second kappa shape index (κ2) is 32.1. The molecule has 41 heavy (non-hydrogen) atoms. The Kier molecular flexibility index (Phi) is 29.9. The zero-order valence-corrected chi connectivity index (χ0v) is 28.5. The smallest absolute Gasteiger partial charge is 0.169 e. The molecule has 240 valence electrons. The highest BCUT2D eigenvalue weighted by Crippen LogP contribution is 2.20. The molecule has 1 unspecified atom stereocenters. The van der Waals surface area contributed by atoms with E-state index in [9.17, 15) is 0 Å². The van der Waals surface area contributed by atoms with Crippen molar-refractivity contribution < 1.29 is 4.57 Å². The normalized spacial score (nSPS) is 12.2. The van der Waals surface area contributed by atoms with Crippen molar-refractivity contribution in [1.29, 1.82) is 0 Å². The van der Waals surface area contributed by atoms with E-state index < -0.39 is 0 Å². The van der Waals surface area contributed by atoms with E-state index in [1.165, 1.54) is 205 Å². The number of aromatic nitrogens is 1. The first kappa shape index (κ1) is 38.2. The molecule has 0 aromatic carbocycles. The Morgan fingerprint density at radius 1 is 0.317 bits per heavy atom. The van der Waals surface area contributed by atoms with E-state index in [0.717, 1.165) is 0 Å². The van der Waals surface area contributed by atoms with Gasteiger partial charge in [0.2, 0.25) is 0 Å². The van der Waals surface area contributed by atoms with E-state index in [1.54, 1.807) is 0 Å². The van der Waals surface area contributed by atoms with Crippen LogP contribution in [0, 0.1) is 0 Å². The highest BCUT2D eigenvalue weighted by molar-refractivity contribution is 4.84. The molecule has 1 atom stereocenters. The molecule has 0 spiro atoms. The van der Waals surface area contributed by atoms with Crippen LogP contribution in [0.15, 0.2) is 30.6 Å². The average molecular weight is 571 g/mol. The first-order chi connectivity index (χ1) is 20.4. The van der Waals surface area contributed by atoms with Crippen molar-refractivity contribution in [1.82, 2.24) is 0 Å². The van der Waals surface area contributed by atoms with E-state index in [4.69, 9.17) is 0 Å². The van der Waals surface area contributed by atoms with Gasteiger partial charge in [-0.1, -0.05) is 200 Å². The molecule has 0 aliphatic heterocycles. The second-order valence-corrected chi connectivity index (χ2v) is 13.5. The van der Waals surface area contributed by atoms with Gasteiger partial charge in [0.25, 0.3) is 0 Å². The van der Waals surface area contributed by atoms with E-state index >= 15 is 0 Å². The maximum absolute atomic E-state index is 2.51. The third kappa shape index (κ3) is 26.5. The monoisotopic (exact) mass is 571 g/mol. The minimum absolute atomic E-state index is 0.708. The largest absolute Gasteiger partial charge is 0.202 e. The molecule has 1 aromatic rings. The van der Waals surface area contributed by atoms with E-state index in [0.29, 0.717) is 6.04 Å². The molecule has 1 rings (SSSR count). The number of pyridine rings is 1. The fourth-order valence-corrected chi connectivity index (χ4v) is 6.60. The van der Waals surface area contributed by atoms with Crippen LogP contribution in [-0.2, 0) is 0 Å². The van der Waals surface area contributed by atoms with Gasteiger partial charge in [0, 0.05) is 25.0 Å². The second-order valence-electron chi connectivity index (χ2n) is 13.5. The molecule has 1 heteroatoms. The molecule has 1 aromatic heterocycles. The lowest BCUT2D eigenvalue weighted by atomic mass is 9.99. The lowest BCUT2D eigenvalue weighted by Gasteiger charge is -2.13. The summed E-state index contributed by atoms with van der Waals surface area (Å²) in [6.07, 6.45) is 50.9. The minimum atomic E-state index is 0.708. The van der Waals surface area contributed by atoms with Crippen LogP contribution in [0.25, 0.3) is 0 Å². The van der Waals surface area contributed by atoms with Gasteiger partial charge in [0.15, 0.2) is 18.4 Å². The van der Waals surface area contributed by atoms with Crippen LogP contribution in [0.1, 0.15) is 225 Å². The van der Waals surface area contributed by atoms with Gasteiger partial charge in [-0.3, -0.25) is 0 Å². The Labute approximate surface area is 260 Å². The molecule has 0 amide bonds. The molecule has 0 N–H and O–H groups in total. The number of rotatable bonds is 33. The van der Waals surface area contributed by atoms with E-state index in [2.05, 4.69) is 49.0 Å². The van der Waals surface area contributed by atoms with E-state index in [-0.39, 0.29) is 0 Å². The predicted molar refractivity (Wildman–Crippen MR) is 185 cm³/mol. The van der Waals surface area contributed by atoms with Crippen molar-refractivity contribution in [3.05, 3.63) is 30.6 Å². The van der Waals surface area contributed by atoms with Crippen molar-refractivity contribution in [3.63, 3.8) is 0 Å². The van der Waals surface area contributed by atoms with Crippen molar-refractivity contribution in [2.24, 2.45) is 0 Å². The minimum Gasteiger partial charge on any atom is -0.202 e. The summed E-state index contributed by atoms with van der Waals surface area (Å²) in [5.41, 5.74) is 0. The van der Waals surface area contributed by atoms with Gasteiger partial charge in [-0.05, 0) is 12.8 Å². The third-order valence-electron chi connectivity index (χ3n) is 9.44. The summed E-state index contributed by atoms with van der Waals surface area (Å²) in [6.45, 7) is 4.62. The summed E-state index contributed by atoms with van der Waals surface area (Å²) in [4.78, 5) is 0. The van der Waals surface area contributed by atoms with Gasteiger partial charge < -0.3 is 0 Å². The van der Waals surface area contributed by atoms with Gasteiger partial charge in [-0.2, -0.15) is 0 Å². The first-order valence-corrected chi connectivity index (χ1v) is 19.3. The van der Waals surface area contributed by atoms with Crippen LogP contribution >= 0.6 is 0 Å². The molecule has 0 aliphatic carbocycles. The SMILES string of the molecule is CCCCCCCCCCCCCCCCCCC(CCCCCCCCCCCCCCCC)[n+]1ccccc1. The Bertz CT molecular complexity index is 596. The third-order valence-corrected chi connectivity index (χ3v) is 9.44. The predicted octanol–water partition coefficient (Wildman–Crippen LogP) is 14.0. The van der Waals surface area contributed by atoms with Crippen LogP contribution in [-0.4, -0.2) is 0 Å². The Hall–Kier alpha value is -0.850. The van der Waals surface area contributed by atoms with Crippen molar-refractivity contribution in [3.8, 4) is 0 Å². The van der Waals surface area contributed by atoms with Gasteiger partial charge in [-0.25, -0.2) is 4.57 Å². The summed E-state index contributed by atoms with van der Waals surface area (Å²) in [6, 6.07) is 7.30. The lowest BCUT2D eigenvalue weighted by Crippen LogP contribution is -2.38. The topological polar surface area (TPSA) is 3.88 Å². The summed E-state index contributed by atoms with van der Waals surface area (Å²) < 4.78 is 2.51. The van der Waals surface area contributed by atoms with Crippen LogP contribution in [0.3, 0.4) is 0 Å². The first-order valence-electron chi connectivity index (χ1n) is 19.3. The Morgan fingerprint density at radius 2 is 0.561 bits per heavy atom. The molecule has 1 heterocycles. The van der Waals surface area contributed by atoms with Crippen LogP contribution < -0.4 is 4.57 Å². The van der Waals surface area contributed by atoms with E-state index in [1.807, 2.05) is 0 Å². The quantitative estimate of drug-likeness (QED) is 0.0584. The summed E-state index contributed by atoms with van der Waals surface area (Å²) in [5, 5.41) is 0. The highest BCUT2D eigenvalue weighted by Gasteiger charge is 2.17. The molecule has 0 saturated heterocycles. The maximum atomic E-state index is 2.51. The number of nitrogens with zero attached hydrogens (tertiary/aromatic N) is 1. The molecule has 0 fully saturated rings. The molecule has 0 saturated carbocycles. The highest BCUT2D eigenvalue weighted by atomic mass is 15.0. The maximum Gasteiger partial charge on any atom is 0.169 e. The molecular formula is C40H76N+. The van der Waals surface area contributed by atoms with Gasteiger partial charge in [-0.15, -0.1) is 0 Å². The molecule has 1 nitrogen and oxygen atoms in total. The Balaban J connectivity index is 1.97. The summed E-state index contributed by atoms with van der Waals surface area (Å²) in [7, 11) is 0. The summed E-state index contributed by atoms with van der Waals surface area (Å²) >= 11 is 0. The fourth-order valence-electron chi connectivity index (χ4n) is 6.60. The van der Waals surface area contributed by atoms with Gasteiger partial charge in [0.05, 0.1) is 0 Å². The molecule has 0 bridgehead atoms. The van der Waals surface area contributed by atoms with Crippen molar-refractivity contribution in [2.75, 3.05) is 0 Å². The standard InChI is InChI=1S/C40H76N/c1-3-5-7-9-11-13-15-17-19-20-22-24-26-28-30-33-37-40(41-38-34-31-35-39-41)36-32-29-27-25-23-21-18-16-14-12-10-8-6-4-2/h31,34-35,38-40H,3-30,32-33,36-37H2,1-2H3/q+1. The van der Waals surface area contributed by atoms with Crippen molar-refractivity contribution in [2.45, 2.75) is 225 Å². The van der Waals surface area contributed by atoms with Crippen LogP contribution in [0.2, 0.25) is 0 Å². The number of hydrogen-bond acceptors (Lipinski definition) is 0. The zero-order chi connectivity index (χ0) is 29.3. The van der Waals surface area contributed by atoms with Gasteiger partial charge in [0.1, 0.15) is 0 Å². The number of hydrogen-bond donors (Lipinski definition) is 0. The van der Waals surface area contributed by atoms with Crippen LogP contribution in [0.5, 0.6) is 0 Å².